The summed E-state index contributed by atoms with van der Waals surface area (Å²) in [6, 6.07) is 13.5. The molecule has 2 rings (SSSR count). The predicted octanol–water partition coefficient (Wildman–Crippen LogP) is 4.19. The third kappa shape index (κ3) is 2.98. The summed E-state index contributed by atoms with van der Waals surface area (Å²) in [5.41, 5.74) is 1.81. The van der Waals surface area contributed by atoms with Gasteiger partial charge in [-0.15, -0.1) is 0 Å². The van der Waals surface area contributed by atoms with E-state index >= 15 is 0 Å². The summed E-state index contributed by atoms with van der Waals surface area (Å²) in [6.07, 6.45) is 0.983. The minimum absolute atomic E-state index is 0.493. The zero-order chi connectivity index (χ0) is 12.1. The molecular formula is C14H14ClNO. The van der Waals surface area contributed by atoms with E-state index in [1.54, 1.807) is 6.07 Å². The van der Waals surface area contributed by atoms with Crippen LogP contribution >= 0.6 is 11.6 Å². The lowest BCUT2D eigenvalue weighted by Gasteiger charge is -2.10. The average molecular weight is 248 g/mol. The number of para-hydroxylation sites is 1. The van der Waals surface area contributed by atoms with Gasteiger partial charge in [0.1, 0.15) is 10.9 Å². The number of hydrogen-bond donors (Lipinski definition) is 0. The van der Waals surface area contributed by atoms with E-state index in [9.17, 15) is 0 Å². The number of pyridine rings is 1. The standard InChI is InChI=1S/C14H14ClNO/c1-2-10-17-13-8-4-3-6-11(13)12-7-5-9-14(15)16-12/h3-9H,2,10H2,1H3. The molecular weight excluding hydrogens is 234 g/mol. The van der Waals surface area contributed by atoms with Crippen molar-refractivity contribution in [2.45, 2.75) is 13.3 Å². The molecule has 1 aromatic carbocycles. The molecule has 0 aliphatic heterocycles. The van der Waals surface area contributed by atoms with Gasteiger partial charge in [0, 0.05) is 5.56 Å². The predicted molar refractivity (Wildman–Crippen MR) is 70.5 cm³/mol. The molecule has 3 heteroatoms. The molecule has 0 aliphatic carbocycles. The lowest BCUT2D eigenvalue weighted by atomic mass is 10.1. The SMILES string of the molecule is CCCOc1ccccc1-c1cccc(Cl)n1. The van der Waals surface area contributed by atoms with Gasteiger partial charge in [0.15, 0.2) is 0 Å². The maximum absolute atomic E-state index is 5.90. The third-order valence-corrected chi connectivity index (χ3v) is 2.55. The van der Waals surface area contributed by atoms with Crippen molar-refractivity contribution >= 4 is 11.6 Å². The van der Waals surface area contributed by atoms with Crippen LogP contribution in [0.1, 0.15) is 13.3 Å². The number of hydrogen-bond acceptors (Lipinski definition) is 2. The lowest BCUT2D eigenvalue weighted by molar-refractivity contribution is 0.318. The van der Waals surface area contributed by atoms with Crippen LogP contribution in [-0.2, 0) is 0 Å². The first-order chi connectivity index (χ1) is 8.31. The van der Waals surface area contributed by atoms with Crippen LogP contribution in [0.3, 0.4) is 0 Å². The number of nitrogens with zero attached hydrogens (tertiary/aromatic N) is 1. The highest BCUT2D eigenvalue weighted by atomic mass is 35.5. The maximum atomic E-state index is 5.90. The van der Waals surface area contributed by atoms with Crippen molar-refractivity contribution in [2.24, 2.45) is 0 Å². The van der Waals surface area contributed by atoms with Crippen molar-refractivity contribution in [3.63, 3.8) is 0 Å². The van der Waals surface area contributed by atoms with E-state index < -0.39 is 0 Å². The van der Waals surface area contributed by atoms with Crippen LogP contribution in [0.25, 0.3) is 11.3 Å². The van der Waals surface area contributed by atoms with Crippen molar-refractivity contribution in [1.29, 1.82) is 0 Å². The summed E-state index contributed by atoms with van der Waals surface area (Å²) < 4.78 is 5.70. The Balaban J connectivity index is 2.37. The molecule has 1 heterocycles. The second-order valence-corrected chi connectivity index (χ2v) is 4.08. The van der Waals surface area contributed by atoms with Gasteiger partial charge in [-0.1, -0.05) is 36.7 Å². The Bertz CT molecular complexity index is 499. The van der Waals surface area contributed by atoms with Gasteiger partial charge in [-0.2, -0.15) is 0 Å². The highest BCUT2D eigenvalue weighted by Crippen LogP contribution is 2.29. The second-order valence-electron chi connectivity index (χ2n) is 3.69. The molecule has 0 amide bonds. The van der Waals surface area contributed by atoms with Gasteiger partial charge in [0.25, 0.3) is 0 Å². The van der Waals surface area contributed by atoms with E-state index in [1.165, 1.54) is 0 Å². The minimum Gasteiger partial charge on any atom is -0.493 e. The Kier molecular flexibility index (Phi) is 3.99. The van der Waals surface area contributed by atoms with Crippen molar-refractivity contribution in [3.05, 3.63) is 47.6 Å². The van der Waals surface area contributed by atoms with Crippen LogP contribution in [0.4, 0.5) is 0 Å². The topological polar surface area (TPSA) is 22.1 Å². The minimum atomic E-state index is 0.493. The van der Waals surface area contributed by atoms with E-state index in [0.717, 1.165) is 23.4 Å². The molecule has 0 fully saturated rings. The van der Waals surface area contributed by atoms with Crippen LogP contribution < -0.4 is 4.74 Å². The van der Waals surface area contributed by atoms with Crippen LogP contribution in [0.2, 0.25) is 5.15 Å². The van der Waals surface area contributed by atoms with Gasteiger partial charge in [-0.25, -0.2) is 4.98 Å². The zero-order valence-electron chi connectivity index (χ0n) is 9.69. The molecule has 2 aromatic rings. The Hall–Kier alpha value is -1.54. The van der Waals surface area contributed by atoms with Crippen molar-refractivity contribution in [2.75, 3.05) is 6.61 Å². The summed E-state index contributed by atoms with van der Waals surface area (Å²) >= 11 is 5.90. The van der Waals surface area contributed by atoms with E-state index in [-0.39, 0.29) is 0 Å². The number of ether oxygens (including phenoxy) is 1. The fourth-order valence-electron chi connectivity index (χ4n) is 1.57. The first kappa shape index (κ1) is 11.9. The molecule has 0 bridgehead atoms. The Morgan fingerprint density at radius 2 is 1.94 bits per heavy atom. The molecule has 88 valence electrons. The Morgan fingerprint density at radius 3 is 2.71 bits per heavy atom. The number of benzene rings is 1. The molecule has 0 radical (unpaired) electrons. The normalized spacial score (nSPS) is 10.2. The fourth-order valence-corrected chi connectivity index (χ4v) is 1.74. The summed E-state index contributed by atoms with van der Waals surface area (Å²) in [4.78, 5) is 4.30. The van der Waals surface area contributed by atoms with Crippen LogP contribution in [-0.4, -0.2) is 11.6 Å². The van der Waals surface area contributed by atoms with Gasteiger partial charge < -0.3 is 4.74 Å². The van der Waals surface area contributed by atoms with Gasteiger partial charge in [0.05, 0.1) is 12.3 Å². The highest BCUT2D eigenvalue weighted by Gasteiger charge is 2.06. The molecule has 0 spiro atoms. The van der Waals surface area contributed by atoms with Crippen LogP contribution in [0.15, 0.2) is 42.5 Å². The molecule has 17 heavy (non-hydrogen) atoms. The van der Waals surface area contributed by atoms with Crippen molar-refractivity contribution in [1.82, 2.24) is 4.98 Å². The smallest absolute Gasteiger partial charge is 0.129 e. The molecule has 0 saturated heterocycles. The van der Waals surface area contributed by atoms with E-state index in [0.29, 0.717) is 11.8 Å². The zero-order valence-corrected chi connectivity index (χ0v) is 10.4. The Labute approximate surface area is 106 Å². The molecule has 0 saturated carbocycles. The van der Waals surface area contributed by atoms with Crippen molar-refractivity contribution < 1.29 is 4.74 Å². The number of halogens is 1. The monoisotopic (exact) mass is 247 g/mol. The van der Waals surface area contributed by atoms with Gasteiger partial charge in [-0.05, 0) is 30.7 Å². The van der Waals surface area contributed by atoms with Crippen LogP contribution in [0, 0.1) is 0 Å². The van der Waals surface area contributed by atoms with E-state index in [4.69, 9.17) is 16.3 Å². The maximum Gasteiger partial charge on any atom is 0.129 e. The average Bonchev–Trinajstić information content (AvgIpc) is 2.37. The first-order valence-corrected chi connectivity index (χ1v) is 6.04. The fraction of sp³-hybridized carbons (Fsp3) is 0.214. The Morgan fingerprint density at radius 1 is 1.12 bits per heavy atom. The number of rotatable bonds is 4. The lowest BCUT2D eigenvalue weighted by Crippen LogP contribution is -1.97. The molecule has 0 atom stereocenters. The molecule has 0 aliphatic rings. The molecule has 2 nitrogen and oxygen atoms in total. The summed E-state index contributed by atoms with van der Waals surface area (Å²) in [5.74, 6) is 0.851. The van der Waals surface area contributed by atoms with E-state index in [1.807, 2.05) is 36.4 Å². The van der Waals surface area contributed by atoms with Crippen molar-refractivity contribution in [3.8, 4) is 17.0 Å². The van der Waals surface area contributed by atoms with Gasteiger partial charge in [-0.3, -0.25) is 0 Å². The van der Waals surface area contributed by atoms with E-state index in [2.05, 4.69) is 11.9 Å². The second kappa shape index (κ2) is 5.69. The third-order valence-electron chi connectivity index (χ3n) is 2.34. The van der Waals surface area contributed by atoms with Crippen LogP contribution in [0.5, 0.6) is 5.75 Å². The quantitative estimate of drug-likeness (QED) is 0.756. The number of aromatic nitrogens is 1. The molecule has 1 aromatic heterocycles. The summed E-state index contributed by atoms with van der Waals surface area (Å²) in [7, 11) is 0. The largest absolute Gasteiger partial charge is 0.493 e. The first-order valence-electron chi connectivity index (χ1n) is 5.66. The summed E-state index contributed by atoms with van der Waals surface area (Å²) in [6.45, 7) is 2.79. The molecule has 0 N–H and O–H groups in total. The highest BCUT2D eigenvalue weighted by molar-refractivity contribution is 6.29. The van der Waals surface area contributed by atoms with Gasteiger partial charge in [0.2, 0.25) is 0 Å². The van der Waals surface area contributed by atoms with Gasteiger partial charge >= 0.3 is 0 Å². The molecule has 0 unspecified atom stereocenters. The summed E-state index contributed by atoms with van der Waals surface area (Å²) in [5, 5.41) is 0.493.